The number of aliphatic hydroxyl groups excluding tert-OH is 1. The first-order valence-electron chi connectivity index (χ1n) is 7.10. The highest BCUT2D eigenvalue weighted by Gasteiger charge is 1.93. The zero-order valence-corrected chi connectivity index (χ0v) is 12.3. The second-order valence-corrected chi connectivity index (χ2v) is 4.45. The molecular weight excluding hydrogens is 220 g/mol. The maximum atomic E-state index is 9.10. The zero-order chi connectivity index (χ0) is 13.8. The molecule has 0 saturated heterocycles. The van der Waals surface area contributed by atoms with E-state index in [9.17, 15) is 0 Å². The summed E-state index contributed by atoms with van der Waals surface area (Å²) in [5.74, 6) is 0. The number of aryl methyl sites for hydroxylation is 1. The normalized spacial score (nSPS) is 12.1. The topological polar surface area (TPSA) is 20.2 Å². The van der Waals surface area contributed by atoms with Gasteiger partial charge in [0.15, 0.2) is 0 Å². The van der Waals surface area contributed by atoms with Gasteiger partial charge in [-0.1, -0.05) is 62.2 Å². The quantitative estimate of drug-likeness (QED) is 0.704. The average molecular weight is 248 g/mol. The van der Waals surface area contributed by atoms with Crippen LogP contribution in [0.25, 0.3) is 6.08 Å². The van der Waals surface area contributed by atoms with Crippen molar-refractivity contribution in [1.82, 2.24) is 0 Å². The highest BCUT2D eigenvalue weighted by molar-refractivity contribution is 5.49. The molecule has 0 unspecified atom stereocenters. The molecule has 0 radical (unpaired) electrons. The summed E-state index contributed by atoms with van der Waals surface area (Å²) in [4.78, 5) is 0. The van der Waals surface area contributed by atoms with E-state index in [0.29, 0.717) is 0 Å². The third kappa shape index (κ3) is 9.00. The van der Waals surface area contributed by atoms with Crippen molar-refractivity contribution in [3.05, 3.63) is 41.5 Å². The van der Waals surface area contributed by atoms with Crippen molar-refractivity contribution < 1.29 is 5.11 Å². The van der Waals surface area contributed by atoms with Crippen LogP contribution in [0.5, 0.6) is 0 Å². The van der Waals surface area contributed by atoms with Crippen LogP contribution in [0.15, 0.2) is 30.3 Å². The Morgan fingerprint density at radius 2 is 1.94 bits per heavy atom. The standard InChI is InChI=1S/C15H22O.C2H6/c1-13-8-7-11-15(12-13)10-6-4-3-5-9-14(2)16;1-2/h6-8,10-12,14,16H,3-5,9H2,1-2H3;1-2H3/b10-6+;/t14-;/m0./s1. The molecule has 1 nitrogen and oxygen atoms in total. The first kappa shape index (κ1) is 16.9. The molecule has 0 fully saturated rings. The van der Waals surface area contributed by atoms with E-state index in [1.807, 2.05) is 20.8 Å². The third-order valence-electron chi connectivity index (χ3n) is 2.60. The van der Waals surface area contributed by atoms with Gasteiger partial charge in [0.05, 0.1) is 6.10 Å². The summed E-state index contributed by atoms with van der Waals surface area (Å²) in [5, 5.41) is 9.10. The Hall–Kier alpha value is -1.08. The third-order valence-corrected chi connectivity index (χ3v) is 2.60. The van der Waals surface area contributed by atoms with Gasteiger partial charge in [-0.3, -0.25) is 0 Å². The minimum Gasteiger partial charge on any atom is -0.393 e. The molecule has 1 aromatic carbocycles. The van der Waals surface area contributed by atoms with Gasteiger partial charge in [0.2, 0.25) is 0 Å². The minimum absolute atomic E-state index is 0.152. The van der Waals surface area contributed by atoms with Crippen molar-refractivity contribution in [2.45, 2.75) is 59.5 Å². The number of hydrogen-bond donors (Lipinski definition) is 1. The van der Waals surface area contributed by atoms with Crippen molar-refractivity contribution >= 4 is 6.08 Å². The fourth-order valence-electron chi connectivity index (χ4n) is 1.70. The summed E-state index contributed by atoms with van der Waals surface area (Å²) in [6.07, 6.45) is 8.52. The SMILES string of the molecule is CC.Cc1cccc(/C=C/CCCC[C@H](C)O)c1. The lowest BCUT2D eigenvalue weighted by molar-refractivity contribution is 0.181. The van der Waals surface area contributed by atoms with Crippen molar-refractivity contribution in [3.63, 3.8) is 0 Å². The van der Waals surface area contributed by atoms with Gasteiger partial charge < -0.3 is 5.11 Å². The van der Waals surface area contributed by atoms with Crippen LogP contribution in [0.4, 0.5) is 0 Å². The lowest BCUT2D eigenvalue weighted by atomic mass is 10.1. The highest BCUT2D eigenvalue weighted by atomic mass is 16.3. The summed E-state index contributed by atoms with van der Waals surface area (Å²) in [6.45, 7) is 7.96. The van der Waals surface area contributed by atoms with E-state index in [2.05, 4.69) is 43.3 Å². The molecule has 0 heterocycles. The van der Waals surface area contributed by atoms with Gasteiger partial charge in [-0.2, -0.15) is 0 Å². The van der Waals surface area contributed by atoms with Crippen molar-refractivity contribution in [2.75, 3.05) is 0 Å². The Morgan fingerprint density at radius 3 is 2.56 bits per heavy atom. The minimum atomic E-state index is -0.152. The largest absolute Gasteiger partial charge is 0.393 e. The van der Waals surface area contributed by atoms with Crippen LogP contribution >= 0.6 is 0 Å². The van der Waals surface area contributed by atoms with E-state index in [1.54, 1.807) is 0 Å². The molecule has 0 spiro atoms. The van der Waals surface area contributed by atoms with Gasteiger partial charge in [-0.25, -0.2) is 0 Å². The van der Waals surface area contributed by atoms with Crippen LogP contribution in [-0.4, -0.2) is 11.2 Å². The van der Waals surface area contributed by atoms with Gasteiger partial charge in [0, 0.05) is 0 Å². The summed E-state index contributed by atoms with van der Waals surface area (Å²) >= 11 is 0. The Bertz CT molecular complexity index is 326. The molecule has 0 aliphatic carbocycles. The van der Waals surface area contributed by atoms with Crippen LogP contribution < -0.4 is 0 Å². The molecule has 0 aliphatic rings. The van der Waals surface area contributed by atoms with Gasteiger partial charge in [0.1, 0.15) is 0 Å². The molecule has 1 atom stereocenters. The van der Waals surface area contributed by atoms with Crippen LogP contribution in [-0.2, 0) is 0 Å². The van der Waals surface area contributed by atoms with Crippen LogP contribution in [0.2, 0.25) is 0 Å². The first-order valence-corrected chi connectivity index (χ1v) is 7.10. The fourth-order valence-corrected chi connectivity index (χ4v) is 1.70. The van der Waals surface area contributed by atoms with Crippen LogP contribution in [0.3, 0.4) is 0 Å². The summed E-state index contributed by atoms with van der Waals surface area (Å²) < 4.78 is 0. The number of unbranched alkanes of at least 4 members (excludes halogenated alkanes) is 2. The van der Waals surface area contributed by atoms with E-state index in [4.69, 9.17) is 5.11 Å². The molecule has 0 saturated carbocycles. The molecule has 18 heavy (non-hydrogen) atoms. The Kier molecular flexibility index (Phi) is 10.4. The number of benzene rings is 1. The van der Waals surface area contributed by atoms with E-state index < -0.39 is 0 Å². The number of aliphatic hydroxyl groups is 1. The molecule has 1 N–H and O–H groups in total. The Morgan fingerprint density at radius 1 is 1.22 bits per heavy atom. The first-order chi connectivity index (χ1) is 8.68. The molecule has 1 heteroatoms. The van der Waals surface area contributed by atoms with Crippen LogP contribution in [0, 0.1) is 6.92 Å². The van der Waals surface area contributed by atoms with E-state index in [-0.39, 0.29) is 6.10 Å². The summed E-state index contributed by atoms with van der Waals surface area (Å²) in [6, 6.07) is 8.51. The smallest absolute Gasteiger partial charge is 0.0512 e. The molecule has 0 aromatic heterocycles. The molecular formula is C17H28O. The number of rotatable bonds is 6. The van der Waals surface area contributed by atoms with E-state index >= 15 is 0 Å². The van der Waals surface area contributed by atoms with Crippen molar-refractivity contribution in [2.24, 2.45) is 0 Å². The van der Waals surface area contributed by atoms with Crippen molar-refractivity contribution in [3.8, 4) is 0 Å². The monoisotopic (exact) mass is 248 g/mol. The summed E-state index contributed by atoms with van der Waals surface area (Å²) in [7, 11) is 0. The van der Waals surface area contributed by atoms with Gasteiger partial charge in [-0.15, -0.1) is 0 Å². The highest BCUT2D eigenvalue weighted by Crippen LogP contribution is 2.08. The van der Waals surface area contributed by atoms with E-state index in [1.165, 1.54) is 11.1 Å². The maximum absolute atomic E-state index is 9.10. The zero-order valence-electron chi connectivity index (χ0n) is 12.3. The van der Waals surface area contributed by atoms with E-state index in [0.717, 1.165) is 25.7 Å². The predicted octanol–water partition coefficient (Wildman–Crippen LogP) is 4.98. The van der Waals surface area contributed by atoms with Gasteiger partial charge in [-0.05, 0) is 38.7 Å². The maximum Gasteiger partial charge on any atom is 0.0512 e. The Labute approximate surface area is 113 Å². The van der Waals surface area contributed by atoms with Gasteiger partial charge >= 0.3 is 0 Å². The molecule has 0 amide bonds. The summed E-state index contributed by atoms with van der Waals surface area (Å²) in [5.41, 5.74) is 2.58. The molecule has 0 aliphatic heterocycles. The second kappa shape index (κ2) is 11.0. The van der Waals surface area contributed by atoms with Gasteiger partial charge in [0.25, 0.3) is 0 Å². The molecule has 1 aromatic rings. The lowest BCUT2D eigenvalue weighted by Gasteiger charge is -2.01. The predicted molar refractivity (Wildman–Crippen MR) is 81.7 cm³/mol. The second-order valence-electron chi connectivity index (χ2n) is 4.45. The van der Waals surface area contributed by atoms with Crippen LogP contribution in [0.1, 0.15) is 57.6 Å². The molecule has 102 valence electrons. The van der Waals surface area contributed by atoms with Crippen molar-refractivity contribution in [1.29, 1.82) is 0 Å². The Balaban J connectivity index is 0.00000137. The molecule has 1 rings (SSSR count). The average Bonchev–Trinajstić information content (AvgIpc) is 2.36. The molecule has 0 bridgehead atoms. The fraction of sp³-hybridized carbons (Fsp3) is 0.529. The lowest BCUT2D eigenvalue weighted by Crippen LogP contribution is -1.97. The number of hydrogen-bond acceptors (Lipinski definition) is 1. The number of allylic oxidation sites excluding steroid dienone is 1.